The van der Waals surface area contributed by atoms with Gasteiger partial charge in [-0.1, -0.05) is 0 Å². The third kappa shape index (κ3) is 4.03. The van der Waals surface area contributed by atoms with Gasteiger partial charge in [0, 0.05) is 31.9 Å². The van der Waals surface area contributed by atoms with Gasteiger partial charge in [-0.25, -0.2) is 8.78 Å². The van der Waals surface area contributed by atoms with Crippen molar-refractivity contribution in [1.29, 1.82) is 0 Å². The Kier molecular flexibility index (Phi) is 5.46. The molecule has 1 rings (SSSR count). The summed E-state index contributed by atoms with van der Waals surface area (Å²) in [6.07, 6.45) is 0.896. The topological polar surface area (TPSA) is 67.3 Å². The van der Waals surface area contributed by atoms with E-state index in [1.807, 2.05) is 0 Å². The van der Waals surface area contributed by atoms with Crippen molar-refractivity contribution in [3.8, 4) is 0 Å². The lowest BCUT2D eigenvalue weighted by molar-refractivity contribution is 0.0562. The van der Waals surface area contributed by atoms with Gasteiger partial charge in [-0.15, -0.1) is 0 Å². The molecule has 5 nitrogen and oxygen atoms in total. The number of hydrogen-bond donors (Lipinski definition) is 2. The van der Waals surface area contributed by atoms with E-state index in [0.717, 1.165) is 5.56 Å². The second kappa shape index (κ2) is 6.63. The summed E-state index contributed by atoms with van der Waals surface area (Å²) in [5, 5.41) is 12.9. The highest BCUT2D eigenvalue weighted by molar-refractivity contribution is 5.11. The van der Waals surface area contributed by atoms with Crippen molar-refractivity contribution in [2.24, 2.45) is 12.8 Å². The maximum absolute atomic E-state index is 12.4. The van der Waals surface area contributed by atoms with Gasteiger partial charge < -0.3 is 10.8 Å². The molecule has 0 amide bonds. The van der Waals surface area contributed by atoms with Crippen LogP contribution in [0, 0.1) is 0 Å². The van der Waals surface area contributed by atoms with Crippen LogP contribution in [-0.2, 0) is 7.05 Å². The Morgan fingerprint density at radius 1 is 1.59 bits per heavy atom. The van der Waals surface area contributed by atoms with Crippen molar-refractivity contribution in [1.82, 2.24) is 14.7 Å². The molecule has 17 heavy (non-hydrogen) atoms. The Morgan fingerprint density at radius 3 is 2.71 bits per heavy atom. The molecule has 3 N–H and O–H groups in total. The molecule has 1 aromatic heterocycles. The molecule has 1 atom stereocenters. The highest BCUT2D eigenvalue weighted by Gasteiger charge is 2.22. The van der Waals surface area contributed by atoms with Crippen molar-refractivity contribution >= 4 is 0 Å². The van der Waals surface area contributed by atoms with E-state index in [1.54, 1.807) is 24.1 Å². The lowest BCUT2D eigenvalue weighted by Crippen LogP contribution is -2.38. The van der Waals surface area contributed by atoms with E-state index < -0.39 is 13.0 Å². The average molecular weight is 248 g/mol. The monoisotopic (exact) mass is 248 g/mol. The first kappa shape index (κ1) is 14.0. The van der Waals surface area contributed by atoms with Crippen LogP contribution in [0.5, 0.6) is 0 Å². The van der Waals surface area contributed by atoms with Crippen LogP contribution in [0.15, 0.2) is 12.4 Å². The van der Waals surface area contributed by atoms with Crippen LogP contribution in [0.25, 0.3) is 0 Å². The zero-order valence-corrected chi connectivity index (χ0v) is 9.76. The summed E-state index contributed by atoms with van der Waals surface area (Å²) in [6.45, 7) is -0.208. The van der Waals surface area contributed by atoms with Crippen molar-refractivity contribution < 1.29 is 13.9 Å². The Labute approximate surface area is 98.8 Å². The molecule has 0 spiro atoms. The molecule has 1 aromatic rings. The first-order valence-electron chi connectivity index (χ1n) is 5.40. The Morgan fingerprint density at radius 2 is 2.29 bits per heavy atom. The molecule has 0 bridgehead atoms. The minimum Gasteiger partial charge on any atom is -0.395 e. The van der Waals surface area contributed by atoms with Gasteiger partial charge in [-0.05, 0) is 0 Å². The summed E-state index contributed by atoms with van der Waals surface area (Å²) in [7, 11) is 1.75. The fourth-order valence-corrected chi connectivity index (χ4v) is 1.79. The summed E-state index contributed by atoms with van der Waals surface area (Å²) in [6, 6.07) is -0.343. The molecule has 0 saturated heterocycles. The Bertz CT molecular complexity index is 332. The van der Waals surface area contributed by atoms with E-state index in [9.17, 15) is 8.78 Å². The molecule has 0 aliphatic heterocycles. The number of aliphatic hydroxyl groups is 1. The summed E-state index contributed by atoms with van der Waals surface area (Å²) in [4.78, 5) is 1.47. The largest absolute Gasteiger partial charge is 0.395 e. The predicted octanol–water partition coefficient (Wildman–Crippen LogP) is -0.0207. The van der Waals surface area contributed by atoms with E-state index >= 15 is 0 Å². The van der Waals surface area contributed by atoms with Gasteiger partial charge in [0.15, 0.2) is 0 Å². The fourth-order valence-electron chi connectivity index (χ4n) is 1.79. The van der Waals surface area contributed by atoms with Gasteiger partial charge in [0.1, 0.15) is 0 Å². The zero-order chi connectivity index (χ0) is 12.8. The predicted molar refractivity (Wildman–Crippen MR) is 59.7 cm³/mol. The van der Waals surface area contributed by atoms with Crippen LogP contribution in [0.2, 0.25) is 0 Å². The number of hydrogen-bond acceptors (Lipinski definition) is 4. The standard InChI is InChI=1S/C10H18F2N4O/c1-15-6-8(5-14-15)9(4-13)16(2-3-17)7-10(11)12/h5-6,9-10,17H,2-4,7,13H2,1H3. The molecular formula is C10H18F2N4O. The summed E-state index contributed by atoms with van der Waals surface area (Å²) in [5.74, 6) is 0. The number of rotatable bonds is 7. The minimum absolute atomic E-state index is 0.168. The molecule has 0 saturated carbocycles. The van der Waals surface area contributed by atoms with Gasteiger partial charge in [-0.3, -0.25) is 9.58 Å². The van der Waals surface area contributed by atoms with Gasteiger partial charge in [0.05, 0.1) is 25.4 Å². The molecule has 98 valence electrons. The second-order valence-electron chi connectivity index (χ2n) is 3.81. The number of aryl methyl sites for hydroxylation is 1. The van der Waals surface area contributed by atoms with Crippen LogP contribution in [-0.4, -0.2) is 52.5 Å². The van der Waals surface area contributed by atoms with Crippen LogP contribution in [0.3, 0.4) is 0 Å². The van der Waals surface area contributed by atoms with E-state index in [2.05, 4.69) is 5.10 Å². The highest BCUT2D eigenvalue weighted by Crippen LogP contribution is 2.19. The third-order valence-electron chi connectivity index (χ3n) is 2.53. The van der Waals surface area contributed by atoms with Crippen molar-refractivity contribution in [3.63, 3.8) is 0 Å². The van der Waals surface area contributed by atoms with Gasteiger partial charge in [0.2, 0.25) is 0 Å². The van der Waals surface area contributed by atoms with Gasteiger partial charge in [-0.2, -0.15) is 5.10 Å². The summed E-state index contributed by atoms with van der Waals surface area (Å²) < 4.78 is 26.5. The van der Waals surface area contributed by atoms with Crippen LogP contribution in [0.4, 0.5) is 8.78 Å². The molecule has 0 aliphatic carbocycles. The lowest BCUT2D eigenvalue weighted by Gasteiger charge is -2.29. The number of nitrogens with two attached hydrogens (primary N) is 1. The van der Waals surface area contributed by atoms with E-state index in [0.29, 0.717) is 0 Å². The summed E-state index contributed by atoms with van der Waals surface area (Å²) in [5.41, 5.74) is 6.40. The SMILES string of the molecule is Cn1cc(C(CN)N(CCO)CC(F)F)cn1. The van der Waals surface area contributed by atoms with Gasteiger partial charge >= 0.3 is 0 Å². The number of alkyl halides is 2. The van der Waals surface area contributed by atoms with Crippen LogP contribution in [0.1, 0.15) is 11.6 Å². The number of aromatic nitrogens is 2. The molecule has 7 heteroatoms. The van der Waals surface area contributed by atoms with Crippen LogP contribution < -0.4 is 5.73 Å². The Balaban J connectivity index is 2.80. The number of nitrogens with zero attached hydrogens (tertiary/aromatic N) is 3. The van der Waals surface area contributed by atoms with E-state index in [1.165, 1.54) is 4.90 Å². The van der Waals surface area contributed by atoms with Crippen molar-refractivity contribution in [2.45, 2.75) is 12.5 Å². The zero-order valence-electron chi connectivity index (χ0n) is 9.76. The lowest BCUT2D eigenvalue weighted by atomic mass is 10.1. The number of halogens is 2. The fraction of sp³-hybridized carbons (Fsp3) is 0.700. The molecule has 0 aromatic carbocycles. The molecule has 0 aliphatic rings. The van der Waals surface area contributed by atoms with E-state index in [-0.39, 0.29) is 25.7 Å². The highest BCUT2D eigenvalue weighted by atomic mass is 19.3. The van der Waals surface area contributed by atoms with E-state index in [4.69, 9.17) is 10.8 Å². The van der Waals surface area contributed by atoms with Crippen molar-refractivity contribution in [2.75, 3.05) is 26.2 Å². The smallest absolute Gasteiger partial charge is 0.251 e. The molecule has 0 radical (unpaired) electrons. The quantitative estimate of drug-likeness (QED) is 0.711. The molecule has 1 heterocycles. The number of aliphatic hydroxyl groups excluding tert-OH is 1. The average Bonchev–Trinajstić information content (AvgIpc) is 2.65. The van der Waals surface area contributed by atoms with Crippen LogP contribution >= 0.6 is 0 Å². The third-order valence-corrected chi connectivity index (χ3v) is 2.53. The first-order valence-corrected chi connectivity index (χ1v) is 5.40. The Hall–Kier alpha value is -1.05. The van der Waals surface area contributed by atoms with Gasteiger partial charge in [0.25, 0.3) is 6.43 Å². The molecule has 1 unspecified atom stereocenters. The second-order valence-corrected chi connectivity index (χ2v) is 3.81. The maximum Gasteiger partial charge on any atom is 0.251 e. The van der Waals surface area contributed by atoms with Crippen molar-refractivity contribution in [3.05, 3.63) is 18.0 Å². The first-order chi connectivity index (χ1) is 8.08. The normalized spacial score (nSPS) is 13.6. The maximum atomic E-state index is 12.4. The molecule has 0 fully saturated rings. The minimum atomic E-state index is -2.45. The summed E-state index contributed by atoms with van der Waals surface area (Å²) >= 11 is 0. The molecular weight excluding hydrogens is 230 g/mol.